The van der Waals surface area contributed by atoms with Crippen molar-refractivity contribution in [2.24, 2.45) is 23.7 Å². The van der Waals surface area contributed by atoms with E-state index in [9.17, 15) is 14.4 Å². The molecule has 0 aromatic heterocycles. The molecule has 0 atom stereocenters. The fourth-order valence-electron chi connectivity index (χ4n) is 6.77. The summed E-state index contributed by atoms with van der Waals surface area (Å²) in [5.41, 5.74) is 1.92. The van der Waals surface area contributed by atoms with Crippen molar-refractivity contribution in [1.29, 1.82) is 0 Å². The minimum Gasteiger partial charge on any atom is -0.423 e. The molecular formula is C40H50O7. The molecule has 0 bridgehead atoms. The highest BCUT2D eigenvalue weighted by atomic mass is 16.6. The lowest BCUT2D eigenvalue weighted by atomic mass is 9.68. The van der Waals surface area contributed by atoms with Gasteiger partial charge >= 0.3 is 17.9 Å². The Bertz CT molecular complexity index is 1420. The molecule has 0 spiro atoms. The van der Waals surface area contributed by atoms with Gasteiger partial charge in [0.25, 0.3) is 0 Å². The van der Waals surface area contributed by atoms with E-state index in [1.807, 2.05) is 6.08 Å². The SMILES string of the molecule is C=C(C)C(=O)Oc1ccc(-c2ccc(OC(=O)C(=C)COC)c(OC(=O)/C=C/C3CCC(C4CCC(CCCC)CC4)CC3)c2)cc1. The van der Waals surface area contributed by atoms with E-state index < -0.39 is 17.9 Å². The maximum absolute atomic E-state index is 13.1. The summed E-state index contributed by atoms with van der Waals surface area (Å²) in [6, 6.07) is 11.9. The Balaban J connectivity index is 1.39. The Morgan fingerprint density at radius 1 is 0.787 bits per heavy atom. The highest BCUT2D eigenvalue weighted by Crippen LogP contribution is 2.42. The van der Waals surface area contributed by atoms with Gasteiger partial charge in [0, 0.05) is 18.8 Å². The first-order valence-electron chi connectivity index (χ1n) is 17.1. The number of carbonyl (C=O) groups excluding carboxylic acids is 3. The van der Waals surface area contributed by atoms with Crippen molar-refractivity contribution in [1.82, 2.24) is 0 Å². The van der Waals surface area contributed by atoms with Crippen LogP contribution in [0.2, 0.25) is 0 Å². The lowest BCUT2D eigenvalue weighted by Crippen LogP contribution is -2.25. The second-order valence-corrected chi connectivity index (χ2v) is 13.2. The number of unbranched alkanes of at least 4 members (excludes halogenated alkanes) is 1. The zero-order valence-corrected chi connectivity index (χ0v) is 28.3. The molecule has 47 heavy (non-hydrogen) atoms. The molecule has 0 radical (unpaired) electrons. The van der Waals surface area contributed by atoms with Crippen LogP contribution in [0.5, 0.6) is 17.2 Å². The molecule has 2 aromatic rings. The Hall–Kier alpha value is -3.97. The van der Waals surface area contributed by atoms with Gasteiger partial charge in [-0.05, 0) is 105 Å². The van der Waals surface area contributed by atoms with Gasteiger partial charge in [-0.3, -0.25) is 0 Å². The molecule has 2 saturated carbocycles. The van der Waals surface area contributed by atoms with E-state index in [4.69, 9.17) is 18.9 Å². The first kappa shape index (κ1) is 35.9. The van der Waals surface area contributed by atoms with Crippen LogP contribution in [0.4, 0.5) is 0 Å². The van der Waals surface area contributed by atoms with Crippen molar-refractivity contribution >= 4 is 17.9 Å². The molecule has 2 aliphatic rings. The van der Waals surface area contributed by atoms with Crippen LogP contribution >= 0.6 is 0 Å². The molecule has 0 heterocycles. The van der Waals surface area contributed by atoms with Crippen LogP contribution in [0.25, 0.3) is 11.1 Å². The average Bonchev–Trinajstić information content (AvgIpc) is 3.08. The Labute approximate surface area is 280 Å². The lowest BCUT2D eigenvalue weighted by Gasteiger charge is -2.37. The number of esters is 3. The third-order valence-corrected chi connectivity index (χ3v) is 9.56. The maximum Gasteiger partial charge on any atom is 0.341 e. The van der Waals surface area contributed by atoms with Crippen molar-refractivity contribution in [3.8, 4) is 28.4 Å². The zero-order valence-electron chi connectivity index (χ0n) is 28.3. The standard InChI is InChI=1S/C40H50O7/c1-6-7-8-29-9-14-31(15-10-29)32-16-11-30(12-17-32)13-24-38(41)46-37-25-34(20-23-36(37)47-40(43)28(4)26-44-5)33-18-21-35(22-19-33)45-39(42)27(2)3/h13,18-25,29-32H,2,4,6-12,14-17,26H2,1,3,5H3/b24-13+. The predicted molar refractivity (Wildman–Crippen MR) is 184 cm³/mol. The largest absolute Gasteiger partial charge is 0.423 e. The second kappa shape index (κ2) is 17.8. The Morgan fingerprint density at radius 3 is 2.04 bits per heavy atom. The number of rotatable bonds is 14. The van der Waals surface area contributed by atoms with E-state index in [-0.39, 0.29) is 23.7 Å². The quantitative estimate of drug-likeness (QED) is 0.115. The van der Waals surface area contributed by atoms with E-state index in [0.717, 1.165) is 36.2 Å². The van der Waals surface area contributed by atoms with Crippen LogP contribution in [-0.4, -0.2) is 31.6 Å². The highest BCUT2D eigenvalue weighted by molar-refractivity contribution is 5.91. The van der Waals surface area contributed by atoms with Gasteiger partial charge in [-0.2, -0.15) is 0 Å². The van der Waals surface area contributed by atoms with Gasteiger partial charge < -0.3 is 18.9 Å². The summed E-state index contributed by atoms with van der Waals surface area (Å²) in [7, 11) is 1.46. The molecule has 7 nitrogen and oxygen atoms in total. The summed E-state index contributed by atoms with van der Waals surface area (Å²) in [5, 5.41) is 0. The maximum atomic E-state index is 13.1. The number of carbonyl (C=O) groups is 3. The van der Waals surface area contributed by atoms with E-state index in [2.05, 4.69) is 20.1 Å². The molecule has 7 heteroatoms. The molecule has 2 aromatic carbocycles. The highest BCUT2D eigenvalue weighted by Gasteiger charge is 2.30. The van der Waals surface area contributed by atoms with Crippen LogP contribution in [0.15, 0.2) is 78.9 Å². The van der Waals surface area contributed by atoms with Crippen LogP contribution in [0.1, 0.15) is 84.5 Å². The van der Waals surface area contributed by atoms with Crippen molar-refractivity contribution in [2.45, 2.75) is 84.5 Å². The molecule has 0 saturated heterocycles. The number of ether oxygens (including phenoxy) is 4. The van der Waals surface area contributed by atoms with Gasteiger partial charge in [-0.25, -0.2) is 14.4 Å². The van der Waals surface area contributed by atoms with Crippen LogP contribution in [-0.2, 0) is 19.1 Å². The Kier molecular flexibility index (Phi) is 13.6. The topological polar surface area (TPSA) is 88.1 Å². The van der Waals surface area contributed by atoms with Crippen molar-refractivity contribution in [3.63, 3.8) is 0 Å². The molecule has 0 aliphatic heterocycles. The minimum atomic E-state index is -0.678. The molecule has 252 valence electrons. The summed E-state index contributed by atoms with van der Waals surface area (Å²) in [4.78, 5) is 37.5. The van der Waals surface area contributed by atoms with E-state index >= 15 is 0 Å². The molecule has 0 unspecified atom stereocenters. The lowest BCUT2D eigenvalue weighted by molar-refractivity contribution is -0.132. The van der Waals surface area contributed by atoms with Crippen LogP contribution in [0, 0.1) is 23.7 Å². The number of hydrogen-bond acceptors (Lipinski definition) is 7. The predicted octanol–water partition coefficient (Wildman–Crippen LogP) is 9.21. The summed E-state index contributed by atoms with van der Waals surface area (Å²) in [5.74, 6) is 1.80. The monoisotopic (exact) mass is 642 g/mol. The molecule has 2 aliphatic carbocycles. The second-order valence-electron chi connectivity index (χ2n) is 13.2. The van der Waals surface area contributed by atoms with Gasteiger partial charge in [0.2, 0.25) is 0 Å². The summed E-state index contributed by atoms with van der Waals surface area (Å²) >= 11 is 0. The Morgan fingerprint density at radius 2 is 1.43 bits per heavy atom. The van der Waals surface area contributed by atoms with Gasteiger partial charge in [-0.15, -0.1) is 0 Å². The number of hydrogen-bond donors (Lipinski definition) is 0. The smallest absolute Gasteiger partial charge is 0.341 e. The number of methoxy groups -OCH3 is 1. The molecular weight excluding hydrogens is 592 g/mol. The van der Waals surface area contributed by atoms with Crippen molar-refractivity contribution in [3.05, 3.63) is 78.9 Å². The summed E-state index contributed by atoms with van der Waals surface area (Å²) in [6.07, 6.45) is 17.7. The number of allylic oxidation sites excluding steroid dienone is 1. The molecule has 0 N–H and O–H groups in total. The third-order valence-electron chi connectivity index (χ3n) is 9.56. The normalized spacial score (nSPS) is 21.2. The first-order valence-corrected chi connectivity index (χ1v) is 17.1. The molecule has 4 rings (SSSR count). The summed E-state index contributed by atoms with van der Waals surface area (Å²) in [6.45, 7) is 11.2. The fourth-order valence-corrected chi connectivity index (χ4v) is 6.77. The summed E-state index contributed by atoms with van der Waals surface area (Å²) < 4.78 is 21.6. The molecule has 0 amide bonds. The van der Waals surface area contributed by atoms with Crippen molar-refractivity contribution in [2.75, 3.05) is 13.7 Å². The molecule has 2 fully saturated rings. The first-order chi connectivity index (χ1) is 22.7. The average molecular weight is 643 g/mol. The van der Waals surface area contributed by atoms with E-state index in [0.29, 0.717) is 22.8 Å². The minimum absolute atomic E-state index is 0.0134. The van der Waals surface area contributed by atoms with E-state index in [1.165, 1.54) is 71.0 Å². The third kappa shape index (κ3) is 10.8. The van der Waals surface area contributed by atoms with E-state index in [1.54, 1.807) is 49.4 Å². The zero-order chi connectivity index (χ0) is 33.8. The van der Waals surface area contributed by atoms with Gasteiger partial charge in [-0.1, -0.05) is 76.5 Å². The number of benzene rings is 2. The van der Waals surface area contributed by atoms with Gasteiger partial charge in [0.05, 0.1) is 12.2 Å². The van der Waals surface area contributed by atoms with Crippen LogP contribution in [0.3, 0.4) is 0 Å². The van der Waals surface area contributed by atoms with Crippen LogP contribution < -0.4 is 14.2 Å². The van der Waals surface area contributed by atoms with Gasteiger partial charge in [0.1, 0.15) is 5.75 Å². The van der Waals surface area contributed by atoms with Gasteiger partial charge in [0.15, 0.2) is 11.5 Å². The van der Waals surface area contributed by atoms with Crippen molar-refractivity contribution < 1.29 is 33.3 Å². The fraction of sp³-hybridized carbons (Fsp3) is 0.475.